The van der Waals surface area contributed by atoms with Crippen molar-refractivity contribution in [2.45, 2.75) is 47.5 Å². The summed E-state index contributed by atoms with van der Waals surface area (Å²) in [4.78, 5) is 11.3. The van der Waals surface area contributed by atoms with E-state index >= 15 is 0 Å². The van der Waals surface area contributed by atoms with Crippen LogP contribution in [0.1, 0.15) is 46.1 Å². The van der Waals surface area contributed by atoms with Crippen LogP contribution in [0.4, 0.5) is 11.6 Å². The Labute approximate surface area is 123 Å². The fraction of sp³-hybridized carbons (Fsp3) is 0.750. The number of hydrogen-bond donors (Lipinski definition) is 1. The topological polar surface area (TPSA) is 41.1 Å². The minimum Gasteiger partial charge on any atom is -0.370 e. The Balaban J connectivity index is 2.14. The number of hydrogen-bond acceptors (Lipinski definition) is 4. The summed E-state index contributed by atoms with van der Waals surface area (Å²) in [5, 5.41) is 3.39. The third-order valence-corrected chi connectivity index (χ3v) is 4.31. The zero-order valence-electron chi connectivity index (χ0n) is 13.5. The highest BCUT2D eigenvalue weighted by molar-refractivity contribution is 5.58. The number of nitrogens with one attached hydrogen (secondary N) is 1. The predicted octanol–water partition coefficient (Wildman–Crippen LogP) is 3.48. The van der Waals surface area contributed by atoms with Crippen LogP contribution in [0.25, 0.3) is 0 Å². The van der Waals surface area contributed by atoms with Crippen molar-refractivity contribution in [2.24, 2.45) is 11.3 Å². The van der Waals surface area contributed by atoms with Gasteiger partial charge >= 0.3 is 0 Å². The SMILES string of the molecule is CCCNc1ncnc(N2CCC(C(C)(C)C)C2)c1C. The van der Waals surface area contributed by atoms with Gasteiger partial charge < -0.3 is 10.2 Å². The molecule has 1 saturated heterocycles. The van der Waals surface area contributed by atoms with Crippen LogP contribution in [0.3, 0.4) is 0 Å². The summed E-state index contributed by atoms with van der Waals surface area (Å²) in [6.07, 6.45) is 4.05. The molecule has 0 radical (unpaired) electrons. The summed E-state index contributed by atoms with van der Waals surface area (Å²) in [5.74, 6) is 2.82. The first kappa shape index (κ1) is 15.1. The van der Waals surface area contributed by atoms with E-state index in [4.69, 9.17) is 0 Å². The summed E-state index contributed by atoms with van der Waals surface area (Å²) >= 11 is 0. The van der Waals surface area contributed by atoms with E-state index in [1.165, 1.54) is 12.0 Å². The molecular weight excluding hydrogens is 248 g/mol. The first-order valence-corrected chi connectivity index (χ1v) is 7.74. The zero-order valence-corrected chi connectivity index (χ0v) is 13.5. The highest BCUT2D eigenvalue weighted by Gasteiger charge is 2.33. The molecule has 0 amide bonds. The second-order valence-corrected chi connectivity index (χ2v) is 6.90. The van der Waals surface area contributed by atoms with Crippen molar-refractivity contribution in [2.75, 3.05) is 29.9 Å². The molecule has 1 aromatic heterocycles. The van der Waals surface area contributed by atoms with E-state index in [2.05, 4.69) is 54.8 Å². The first-order chi connectivity index (χ1) is 9.43. The van der Waals surface area contributed by atoms with Gasteiger partial charge in [0.1, 0.15) is 18.0 Å². The fourth-order valence-electron chi connectivity index (χ4n) is 2.84. The van der Waals surface area contributed by atoms with Crippen molar-refractivity contribution in [3.63, 3.8) is 0 Å². The molecule has 1 fully saturated rings. The van der Waals surface area contributed by atoms with Crippen LogP contribution in [-0.4, -0.2) is 29.6 Å². The highest BCUT2D eigenvalue weighted by Crippen LogP contribution is 2.36. The Morgan fingerprint density at radius 2 is 2.10 bits per heavy atom. The zero-order chi connectivity index (χ0) is 14.8. The fourth-order valence-corrected chi connectivity index (χ4v) is 2.84. The average molecular weight is 276 g/mol. The molecule has 0 bridgehead atoms. The van der Waals surface area contributed by atoms with Gasteiger partial charge in [-0.3, -0.25) is 0 Å². The second kappa shape index (κ2) is 5.98. The number of anilines is 2. The third-order valence-electron chi connectivity index (χ3n) is 4.31. The van der Waals surface area contributed by atoms with Gasteiger partial charge in [-0.2, -0.15) is 0 Å². The molecule has 1 aromatic rings. The average Bonchev–Trinajstić information content (AvgIpc) is 2.87. The monoisotopic (exact) mass is 276 g/mol. The highest BCUT2D eigenvalue weighted by atomic mass is 15.2. The molecule has 0 saturated carbocycles. The molecule has 4 heteroatoms. The molecule has 2 heterocycles. The van der Waals surface area contributed by atoms with Crippen molar-refractivity contribution < 1.29 is 0 Å². The first-order valence-electron chi connectivity index (χ1n) is 7.74. The van der Waals surface area contributed by atoms with E-state index in [0.717, 1.165) is 43.6 Å². The number of aromatic nitrogens is 2. The van der Waals surface area contributed by atoms with E-state index in [1.807, 2.05) is 0 Å². The van der Waals surface area contributed by atoms with Gasteiger partial charge in [-0.1, -0.05) is 27.7 Å². The lowest BCUT2D eigenvalue weighted by Gasteiger charge is -2.27. The van der Waals surface area contributed by atoms with Crippen LogP contribution in [-0.2, 0) is 0 Å². The molecular formula is C16H28N4. The van der Waals surface area contributed by atoms with Gasteiger partial charge in [0.25, 0.3) is 0 Å². The summed E-state index contributed by atoms with van der Waals surface area (Å²) in [7, 11) is 0. The minimum absolute atomic E-state index is 0.374. The van der Waals surface area contributed by atoms with Crippen LogP contribution in [0.2, 0.25) is 0 Å². The maximum absolute atomic E-state index is 4.52. The number of rotatable bonds is 4. The quantitative estimate of drug-likeness (QED) is 0.914. The van der Waals surface area contributed by atoms with Crippen LogP contribution in [0.15, 0.2) is 6.33 Å². The van der Waals surface area contributed by atoms with Crippen LogP contribution >= 0.6 is 0 Å². The summed E-state index contributed by atoms with van der Waals surface area (Å²) in [6, 6.07) is 0. The smallest absolute Gasteiger partial charge is 0.137 e. The Bertz CT molecular complexity index is 450. The van der Waals surface area contributed by atoms with Crippen molar-refractivity contribution >= 4 is 11.6 Å². The lowest BCUT2D eigenvalue weighted by molar-refractivity contribution is 0.263. The van der Waals surface area contributed by atoms with Crippen molar-refractivity contribution in [1.82, 2.24) is 9.97 Å². The van der Waals surface area contributed by atoms with Crippen LogP contribution in [0, 0.1) is 18.3 Å². The maximum Gasteiger partial charge on any atom is 0.137 e. The van der Waals surface area contributed by atoms with E-state index in [9.17, 15) is 0 Å². The third kappa shape index (κ3) is 3.22. The largest absolute Gasteiger partial charge is 0.370 e. The summed E-state index contributed by atoms with van der Waals surface area (Å²) < 4.78 is 0. The van der Waals surface area contributed by atoms with Crippen molar-refractivity contribution in [3.8, 4) is 0 Å². The Morgan fingerprint density at radius 1 is 1.35 bits per heavy atom. The molecule has 0 spiro atoms. The molecule has 1 atom stereocenters. The van der Waals surface area contributed by atoms with Crippen molar-refractivity contribution in [1.29, 1.82) is 0 Å². The Morgan fingerprint density at radius 3 is 2.70 bits per heavy atom. The van der Waals surface area contributed by atoms with Gasteiger partial charge in [-0.15, -0.1) is 0 Å². The lowest BCUT2D eigenvalue weighted by atomic mass is 9.80. The van der Waals surface area contributed by atoms with E-state index < -0.39 is 0 Å². The van der Waals surface area contributed by atoms with Gasteiger partial charge in [0, 0.05) is 25.2 Å². The molecule has 1 unspecified atom stereocenters. The molecule has 2 rings (SSSR count). The van der Waals surface area contributed by atoms with E-state index in [0.29, 0.717) is 5.41 Å². The number of nitrogens with zero attached hydrogens (tertiary/aromatic N) is 3. The standard InChI is InChI=1S/C16H28N4/c1-6-8-17-14-12(2)15(19-11-18-14)20-9-7-13(10-20)16(3,4)5/h11,13H,6-10H2,1-5H3,(H,17,18,19). The Hall–Kier alpha value is -1.32. The molecule has 4 nitrogen and oxygen atoms in total. The molecule has 112 valence electrons. The predicted molar refractivity (Wildman–Crippen MR) is 85.3 cm³/mol. The van der Waals surface area contributed by atoms with Gasteiger partial charge in [-0.05, 0) is 31.1 Å². The van der Waals surface area contributed by atoms with Gasteiger partial charge in [0.05, 0.1) is 0 Å². The second-order valence-electron chi connectivity index (χ2n) is 6.90. The maximum atomic E-state index is 4.52. The molecule has 0 aliphatic carbocycles. The van der Waals surface area contributed by atoms with E-state index in [-0.39, 0.29) is 0 Å². The molecule has 0 aromatic carbocycles. The van der Waals surface area contributed by atoms with Gasteiger partial charge in [0.15, 0.2) is 0 Å². The van der Waals surface area contributed by atoms with Crippen molar-refractivity contribution in [3.05, 3.63) is 11.9 Å². The van der Waals surface area contributed by atoms with Gasteiger partial charge in [0.2, 0.25) is 0 Å². The summed E-state index contributed by atoms with van der Waals surface area (Å²) in [6.45, 7) is 14.5. The van der Waals surface area contributed by atoms with Crippen LogP contribution in [0.5, 0.6) is 0 Å². The lowest BCUT2D eigenvalue weighted by Crippen LogP contribution is -2.27. The minimum atomic E-state index is 0.374. The molecule has 1 aliphatic heterocycles. The Kier molecular flexibility index (Phi) is 4.51. The summed E-state index contributed by atoms with van der Waals surface area (Å²) in [5.41, 5.74) is 1.55. The van der Waals surface area contributed by atoms with E-state index in [1.54, 1.807) is 6.33 Å². The molecule has 1 aliphatic rings. The normalized spacial score (nSPS) is 19.4. The molecule has 1 N–H and O–H groups in total. The van der Waals surface area contributed by atoms with Gasteiger partial charge in [-0.25, -0.2) is 9.97 Å². The molecule has 20 heavy (non-hydrogen) atoms. The van der Waals surface area contributed by atoms with Crippen LogP contribution < -0.4 is 10.2 Å².